The molecule has 0 spiro atoms. The van der Waals surface area contributed by atoms with Crippen molar-refractivity contribution in [1.29, 1.82) is 0 Å². The average molecular weight is 509 g/mol. The Hall–Kier alpha value is -2.13. The van der Waals surface area contributed by atoms with Gasteiger partial charge in [-0.15, -0.1) is 0 Å². The summed E-state index contributed by atoms with van der Waals surface area (Å²) in [5.74, 6) is -3.86. The molecule has 198 valence electrons. The minimum atomic E-state index is -5.08. The van der Waals surface area contributed by atoms with E-state index >= 15 is 0 Å². The fourth-order valence-electron chi connectivity index (χ4n) is 4.22. The Labute approximate surface area is 192 Å². The third-order valence-electron chi connectivity index (χ3n) is 5.91. The normalized spacial score (nSPS) is 25.9. The maximum absolute atomic E-state index is 11.9. The molecule has 0 aliphatic carbocycles. The number of rotatable bonds is 3. The number of likely N-dealkylation sites (N-methyl/N-ethyl adjacent to an activating group) is 2. The molecular weight excluding hydrogens is 480 g/mol. The summed E-state index contributed by atoms with van der Waals surface area (Å²) >= 11 is 0. The lowest BCUT2D eigenvalue weighted by Crippen LogP contribution is -2.45. The molecule has 1 amide bonds. The molecule has 34 heavy (non-hydrogen) atoms. The molecule has 3 fully saturated rings. The summed E-state index contributed by atoms with van der Waals surface area (Å²) in [5.41, 5.74) is 0. The molecule has 0 radical (unpaired) electrons. The van der Waals surface area contributed by atoms with E-state index in [0.717, 1.165) is 32.1 Å². The van der Waals surface area contributed by atoms with E-state index in [1.165, 1.54) is 25.9 Å². The second-order valence-corrected chi connectivity index (χ2v) is 8.24. The van der Waals surface area contributed by atoms with Gasteiger partial charge in [0, 0.05) is 45.9 Å². The second-order valence-electron chi connectivity index (χ2n) is 8.24. The highest BCUT2D eigenvalue weighted by atomic mass is 19.4. The van der Waals surface area contributed by atoms with Gasteiger partial charge in [0.25, 0.3) is 0 Å². The number of aliphatic carboxylic acids is 2. The molecule has 3 aliphatic rings. The lowest BCUT2D eigenvalue weighted by atomic mass is 9.99. The number of halogens is 6. The van der Waals surface area contributed by atoms with E-state index in [1.807, 2.05) is 0 Å². The number of fused-ring (bicyclic) bond motifs is 1. The van der Waals surface area contributed by atoms with Crippen LogP contribution in [0, 0.1) is 11.8 Å². The zero-order valence-corrected chi connectivity index (χ0v) is 18.7. The van der Waals surface area contributed by atoms with Crippen LogP contribution in [0.5, 0.6) is 0 Å². The molecule has 3 N–H and O–H groups in total. The molecule has 3 rings (SSSR count). The fourth-order valence-corrected chi connectivity index (χ4v) is 4.22. The van der Waals surface area contributed by atoms with Gasteiger partial charge in [0.05, 0.1) is 6.04 Å². The molecule has 0 aromatic heterocycles. The molecule has 0 bridgehead atoms. The molecule has 0 aromatic rings. The lowest BCUT2D eigenvalue weighted by Gasteiger charge is -2.29. The van der Waals surface area contributed by atoms with Crippen LogP contribution in [-0.2, 0) is 19.1 Å². The van der Waals surface area contributed by atoms with Crippen LogP contribution in [0.1, 0.15) is 19.3 Å². The number of carboxylic acids is 2. The minimum Gasteiger partial charge on any atom is -0.475 e. The maximum atomic E-state index is 11.9. The number of amides is 1. The Morgan fingerprint density at radius 3 is 1.82 bits per heavy atom. The van der Waals surface area contributed by atoms with E-state index in [-0.39, 0.29) is 11.9 Å². The third-order valence-corrected chi connectivity index (χ3v) is 5.91. The van der Waals surface area contributed by atoms with Crippen LogP contribution in [-0.4, -0.2) is 109 Å². The smallest absolute Gasteiger partial charge is 0.475 e. The SMILES string of the molecule is CNC(=O)[C@@H]1C[C@H]2CN(CC3CCOCC3)C[C@H]2N1C.O=C(O)C(F)(F)F.O=C(O)C(F)(F)F. The van der Waals surface area contributed by atoms with Crippen molar-refractivity contribution in [1.82, 2.24) is 15.1 Å². The summed E-state index contributed by atoms with van der Waals surface area (Å²) in [7, 11) is 3.85. The number of carbonyl (C=O) groups is 3. The Bertz CT molecular complexity index is 675. The van der Waals surface area contributed by atoms with Crippen molar-refractivity contribution in [2.24, 2.45) is 11.8 Å². The van der Waals surface area contributed by atoms with Crippen molar-refractivity contribution < 1.29 is 55.7 Å². The number of carboxylic acid groups (broad SMARTS) is 2. The molecule has 0 unspecified atom stereocenters. The van der Waals surface area contributed by atoms with Crippen molar-refractivity contribution in [3.8, 4) is 0 Å². The number of alkyl halides is 6. The van der Waals surface area contributed by atoms with Gasteiger partial charge in [0.1, 0.15) is 0 Å². The lowest BCUT2D eigenvalue weighted by molar-refractivity contribution is -0.193. The van der Waals surface area contributed by atoms with Crippen LogP contribution < -0.4 is 5.32 Å². The zero-order chi connectivity index (χ0) is 26.3. The van der Waals surface area contributed by atoms with Crippen molar-refractivity contribution in [2.75, 3.05) is 46.9 Å². The first-order valence-electron chi connectivity index (χ1n) is 10.4. The van der Waals surface area contributed by atoms with Crippen LogP contribution in [0.3, 0.4) is 0 Å². The van der Waals surface area contributed by atoms with Crippen LogP contribution in [0.15, 0.2) is 0 Å². The summed E-state index contributed by atoms with van der Waals surface area (Å²) in [4.78, 5) is 34.6. The van der Waals surface area contributed by atoms with Crippen molar-refractivity contribution >= 4 is 17.8 Å². The topological polar surface area (TPSA) is 119 Å². The average Bonchev–Trinajstić information content (AvgIpc) is 3.26. The van der Waals surface area contributed by atoms with E-state index < -0.39 is 24.3 Å². The van der Waals surface area contributed by atoms with Crippen LogP contribution in [0.4, 0.5) is 26.3 Å². The monoisotopic (exact) mass is 509 g/mol. The Morgan fingerprint density at radius 2 is 1.44 bits per heavy atom. The van der Waals surface area contributed by atoms with Gasteiger partial charge in [-0.05, 0) is 38.1 Å². The fraction of sp³-hybridized carbons (Fsp3) is 0.842. The quantitative estimate of drug-likeness (QED) is 0.489. The number of nitrogens with zero attached hydrogens (tertiary/aromatic N) is 2. The predicted octanol–water partition coefficient (Wildman–Crippen LogP) is 1.43. The van der Waals surface area contributed by atoms with Crippen molar-refractivity contribution in [3.05, 3.63) is 0 Å². The van der Waals surface area contributed by atoms with Crippen LogP contribution in [0.25, 0.3) is 0 Å². The molecular formula is C19H29F6N3O6. The molecule has 3 heterocycles. The highest BCUT2D eigenvalue weighted by Gasteiger charge is 2.47. The van der Waals surface area contributed by atoms with Gasteiger partial charge in [-0.25, -0.2) is 9.59 Å². The summed E-state index contributed by atoms with van der Waals surface area (Å²) in [6, 6.07) is 0.650. The van der Waals surface area contributed by atoms with Gasteiger partial charge in [0.15, 0.2) is 0 Å². The molecule has 15 heteroatoms. The van der Waals surface area contributed by atoms with E-state index in [9.17, 15) is 31.1 Å². The number of hydrogen-bond donors (Lipinski definition) is 3. The highest BCUT2D eigenvalue weighted by molar-refractivity contribution is 5.81. The Balaban J connectivity index is 0.000000343. The van der Waals surface area contributed by atoms with Gasteiger partial charge in [-0.1, -0.05) is 0 Å². The van der Waals surface area contributed by atoms with Gasteiger partial charge in [-0.2, -0.15) is 26.3 Å². The second kappa shape index (κ2) is 12.5. The molecule has 9 nitrogen and oxygen atoms in total. The summed E-state index contributed by atoms with van der Waals surface area (Å²) in [6.07, 6.45) is -6.73. The first-order valence-corrected chi connectivity index (χ1v) is 10.4. The summed E-state index contributed by atoms with van der Waals surface area (Å²) in [5, 5.41) is 17.0. The largest absolute Gasteiger partial charge is 0.490 e. The first-order chi connectivity index (χ1) is 15.6. The van der Waals surface area contributed by atoms with E-state index in [1.54, 1.807) is 7.05 Å². The number of hydrogen-bond acceptors (Lipinski definition) is 6. The van der Waals surface area contributed by atoms with E-state index in [0.29, 0.717) is 12.0 Å². The Morgan fingerprint density at radius 1 is 0.971 bits per heavy atom. The number of likely N-dealkylation sites (tertiary alicyclic amines) is 2. The molecule has 3 aliphatic heterocycles. The minimum absolute atomic E-state index is 0.0835. The highest BCUT2D eigenvalue weighted by Crippen LogP contribution is 2.35. The van der Waals surface area contributed by atoms with Gasteiger partial charge in [0.2, 0.25) is 5.91 Å². The predicted molar refractivity (Wildman–Crippen MR) is 105 cm³/mol. The summed E-state index contributed by atoms with van der Waals surface area (Å²) < 4.78 is 68.9. The molecule has 0 aromatic carbocycles. The first kappa shape index (κ1) is 29.9. The number of carbonyl (C=O) groups excluding carboxylic acids is 1. The maximum Gasteiger partial charge on any atom is 0.490 e. The van der Waals surface area contributed by atoms with E-state index in [2.05, 4.69) is 22.2 Å². The van der Waals surface area contributed by atoms with Crippen LogP contribution in [0.2, 0.25) is 0 Å². The van der Waals surface area contributed by atoms with Crippen molar-refractivity contribution in [3.63, 3.8) is 0 Å². The van der Waals surface area contributed by atoms with Gasteiger partial charge < -0.3 is 25.2 Å². The van der Waals surface area contributed by atoms with E-state index in [4.69, 9.17) is 24.5 Å². The van der Waals surface area contributed by atoms with Crippen molar-refractivity contribution in [2.45, 2.75) is 43.7 Å². The zero-order valence-electron chi connectivity index (χ0n) is 18.7. The van der Waals surface area contributed by atoms with Gasteiger partial charge in [-0.3, -0.25) is 9.69 Å². The molecule has 3 saturated heterocycles. The van der Waals surface area contributed by atoms with Crippen LogP contribution >= 0.6 is 0 Å². The Kier molecular flexibility index (Phi) is 11.0. The van der Waals surface area contributed by atoms with Gasteiger partial charge >= 0.3 is 24.3 Å². The number of ether oxygens (including phenoxy) is 1. The summed E-state index contributed by atoms with van der Waals surface area (Å²) in [6.45, 7) is 5.38. The molecule has 3 atom stereocenters. The third kappa shape index (κ3) is 9.25. The number of nitrogens with one attached hydrogen (secondary N) is 1. The molecule has 0 saturated carbocycles. The standard InChI is InChI=1S/C15H27N3O2.2C2HF3O2/c1-16-15(19)13-7-12-9-18(10-14(12)17(13)2)8-11-3-5-20-6-4-11;2*3-2(4,5)1(6)7/h11-14H,3-10H2,1-2H3,(H,16,19);2*(H,6,7)/t12-,13-,14+;;/m0../s1.